The maximum absolute atomic E-state index is 13.2. The van der Waals surface area contributed by atoms with Gasteiger partial charge in [0, 0.05) is 5.92 Å². The fraction of sp³-hybridized carbons (Fsp3) is 0.643. The van der Waals surface area contributed by atoms with Crippen LogP contribution in [-0.2, 0) is 9.53 Å². The molecular formula is C28H36O4. The molecule has 5 rings (SSSR count). The standard InChI is InChI=1S/C28H36O4/c1-27-14-12-20(29)16-19(27)8-9-21-22-10-11-24(28(22,2)15-13-23(21)27)25(30)17-32-26(31)18-6-4-3-5-7-18/h3-8,20-24,29H,9-17H2,1-2H3/t20?,21-,22-,23-,24+,27-,28-/m0/s1. The molecule has 0 aromatic heterocycles. The van der Waals surface area contributed by atoms with Gasteiger partial charge in [-0.1, -0.05) is 43.7 Å². The Hall–Kier alpha value is -1.94. The zero-order valence-electron chi connectivity index (χ0n) is 19.4. The molecule has 1 unspecified atom stereocenters. The van der Waals surface area contributed by atoms with E-state index in [4.69, 9.17) is 4.74 Å². The summed E-state index contributed by atoms with van der Waals surface area (Å²) in [5.74, 6) is 1.52. The van der Waals surface area contributed by atoms with Crippen LogP contribution in [0.5, 0.6) is 0 Å². The normalized spacial score (nSPS) is 40.5. The van der Waals surface area contributed by atoms with Gasteiger partial charge in [-0.15, -0.1) is 0 Å². The number of benzene rings is 1. The lowest BCUT2D eigenvalue weighted by Crippen LogP contribution is -2.51. The molecule has 3 fully saturated rings. The molecular weight excluding hydrogens is 400 g/mol. The van der Waals surface area contributed by atoms with Crippen LogP contribution in [-0.4, -0.2) is 29.6 Å². The topological polar surface area (TPSA) is 63.6 Å². The Morgan fingerprint density at radius 1 is 1.03 bits per heavy atom. The van der Waals surface area contributed by atoms with Crippen LogP contribution >= 0.6 is 0 Å². The minimum Gasteiger partial charge on any atom is -0.454 e. The molecule has 4 aliphatic rings. The minimum atomic E-state index is -0.417. The number of Topliss-reactive ketones (excluding diaryl/α,β-unsaturated/α-hetero) is 1. The SMILES string of the molecule is C[C@]12CC[C@H]3[C@@H](CC=C4CC(O)CC[C@@]43C)[C@@H]1CC[C@@H]2C(=O)COC(=O)c1ccccc1. The maximum atomic E-state index is 13.2. The summed E-state index contributed by atoms with van der Waals surface area (Å²) in [6.45, 7) is 4.65. The third kappa shape index (κ3) is 3.46. The molecule has 32 heavy (non-hydrogen) atoms. The average Bonchev–Trinajstić information content (AvgIpc) is 3.15. The highest BCUT2D eigenvalue weighted by Crippen LogP contribution is 2.66. The van der Waals surface area contributed by atoms with Gasteiger partial charge in [-0.05, 0) is 92.1 Å². The van der Waals surface area contributed by atoms with E-state index in [0.717, 1.165) is 51.4 Å². The summed E-state index contributed by atoms with van der Waals surface area (Å²) in [7, 11) is 0. The summed E-state index contributed by atoms with van der Waals surface area (Å²) in [5, 5.41) is 10.2. The lowest BCUT2D eigenvalue weighted by molar-refractivity contribution is -0.132. The van der Waals surface area contributed by atoms with Gasteiger partial charge in [0.1, 0.15) is 0 Å². The number of aliphatic hydroxyl groups is 1. The van der Waals surface area contributed by atoms with Crippen molar-refractivity contribution >= 4 is 11.8 Å². The zero-order valence-corrected chi connectivity index (χ0v) is 19.4. The first-order valence-electron chi connectivity index (χ1n) is 12.5. The molecule has 172 valence electrons. The molecule has 3 saturated carbocycles. The first-order chi connectivity index (χ1) is 15.3. The van der Waals surface area contributed by atoms with Gasteiger partial charge in [0.05, 0.1) is 11.7 Å². The largest absolute Gasteiger partial charge is 0.454 e. The summed E-state index contributed by atoms with van der Waals surface area (Å²) in [6.07, 6.45) is 10.4. The molecule has 0 bridgehead atoms. The van der Waals surface area contributed by atoms with E-state index in [0.29, 0.717) is 23.3 Å². The first kappa shape index (κ1) is 21.9. The molecule has 7 atom stereocenters. The van der Waals surface area contributed by atoms with Crippen molar-refractivity contribution in [1.29, 1.82) is 0 Å². The fourth-order valence-electron chi connectivity index (χ4n) is 8.07. The number of esters is 1. The van der Waals surface area contributed by atoms with Crippen LogP contribution < -0.4 is 0 Å². The average molecular weight is 437 g/mol. The third-order valence-corrected chi connectivity index (χ3v) is 9.82. The number of carbonyl (C=O) groups is 2. The van der Waals surface area contributed by atoms with Crippen molar-refractivity contribution in [2.24, 2.45) is 34.5 Å². The van der Waals surface area contributed by atoms with Gasteiger partial charge in [-0.2, -0.15) is 0 Å². The Labute approximate surface area is 191 Å². The summed E-state index contributed by atoms with van der Waals surface area (Å²) in [4.78, 5) is 25.5. The monoisotopic (exact) mass is 436 g/mol. The van der Waals surface area contributed by atoms with Gasteiger partial charge in [-0.25, -0.2) is 4.79 Å². The molecule has 1 aromatic rings. The number of hydrogen-bond donors (Lipinski definition) is 1. The smallest absolute Gasteiger partial charge is 0.338 e. The molecule has 4 aliphatic carbocycles. The number of aliphatic hydroxyl groups excluding tert-OH is 1. The van der Waals surface area contributed by atoms with E-state index < -0.39 is 5.97 Å². The molecule has 0 aliphatic heterocycles. The van der Waals surface area contributed by atoms with Crippen LogP contribution in [0.4, 0.5) is 0 Å². The molecule has 0 heterocycles. The van der Waals surface area contributed by atoms with Crippen LogP contribution in [0.1, 0.15) is 75.6 Å². The highest BCUT2D eigenvalue weighted by molar-refractivity contribution is 5.92. The number of allylic oxidation sites excluding steroid dienone is 1. The highest BCUT2D eigenvalue weighted by atomic mass is 16.5. The lowest BCUT2D eigenvalue weighted by atomic mass is 9.47. The third-order valence-electron chi connectivity index (χ3n) is 9.82. The van der Waals surface area contributed by atoms with Crippen LogP contribution in [0.3, 0.4) is 0 Å². The predicted molar refractivity (Wildman–Crippen MR) is 123 cm³/mol. The van der Waals surface area contributed by atoms with Crippen molar-refractivity contribution in [2.45, 2.75) is 71.3 Å². The quantitative estimate of drug-likeness (QED) is 0.510. The van der Waals surface area contributed by atoms with Crippen LogP contribution in [0.15, 0.2) is 42.0 Å². The van der Waals surface area contributed by atoms with Gasteiger partial charge in [-0.3, -0.25) is 4.79 Å². The Morgan fingerprint density at radius 3 is 2.59 bits per heavy atom. The van der Waals surface area contributed by atoms with Gasteiger partial charge in [0.2, 0.25) is 0 Å². The second-order valence-corrected chi connectivity index (χ2v) is 11.2. The number of hydrogen-bond acceptors (Lipinski definition) is 4. The summed E-state index contributed by atoms with van der Waals surface area (Å²) < 4.78 is 5.41. The second-order valence-electron chi connectivity index (χ2n) is 11.2. The van der Waals surface area contributed by atoms with Gasteiger partial charge in [0.15, 0.2) is 12.4 Å². The van der Waals surface area contributed by atoms with E-state index in [-0.39, 0.29) is 35.2 Å². The van der Waals surface area contributed by atoms with E-state index in [2.05, 4.69) is 19.9 Å². The Morgan fingerprint density at radius 2 is 1.81 bits per heavy atom. The molecule has 4 heteroatoms. The van der Waals surface area contributed by atoms with Crippen molar-refractivity contribution in [3.63, 3.8) is 0 Å². The van der Waals surface area contributed by atoms with Crippen molar-refractivity contribution in [3.05, 3.63) is 47.5 Å². The number of ether oxygens (including phenoxy) is 1. The highest BCUT2D eigenvalue weighted by Gasteiger charge is 2.59. The van der Waals surface area contributed by atoms with E-state index >= 15 is 0 Å². The summed E-state index contributed by atoms with van der Waals surface area (Å²) in [6, 6.07) is 8.90. The number of rotatable bonds is 4. The van der Waals surface area contributed by atoms with Gasteiger partial charge >= 0.3 is 5.97 Å². The molecule has 0 saturated heterocycles. The summed E-state index contributed by atoms with van der Waals surface area (Å²) >= 11 is 0. The molecule has 0 radical (unpaired) electrons. The number of fused-ring (bicyclic) bond motifs is 5. The Kier molecular flexibility index (Phi) is 5.56. The van der Waals surface area contributed by atoms with E-state index in [1.54, 1.807) is 24.3 Å². The van der Waals surface area contributed by atoms with Crippen molar-refractivity contribution in [2.75, 3.05) is 6.61 Å². The van der Waals surface area contributed by atoms with Gasteiger partial charge in [0.25, 0.3) is 0 Å². The first-order valence-corrected chi connectivity index (χ1v) is 12.5. The van der Waals surface area contributed by atoms with Gasteiger partial charge < -0.3 is 9.84 Å². The Balaban J connectivity index is 1.29. The number of carbonyl (C=O) groups excluding carboxylic acids is 2. The molecule has 1 aromatic carbocycles. The van der Waals surface area contributed by atoms with E-state index in [1.807, 2.05) is 6.07 Å². The second kappa shape index (κ2) is 8.13. The van der Waals surface area contributed by atoms with Crippen molar-refractivity contribution < 1.29 is 19.4 Å². The van der Waals surface area contributed by atoms with Crippen LogP contribution in [0, 0.1) is 34.5 Å². The van der Waals surface area contributed by atoms with Crippen molar-refractivity contribution in [1.82, 2.24) is 0 Å². The fourth-order valence-corrected chi connectivity index (χ4v) is 8.07. The number of ketones is 1. The molecule has 1 N–H and O–H groups in total. The summed E-state index contributed by atoms with van der Waals surface area (Å²) in [5.41, 5.74) is 2.20. The molecule has 0 amide bonds. The maximum Gasteiger partial charge on any atom is 0.338 e. The Bertz CT molecular complexity index is 921. The van der Waals surface area contributed by atoms with Crippen LogP contribution in [0.25, 0.3) is 0 Å². The predicted octanol–water partition coefficient (Wildman–Crippen LogP) is 5.35. The van der Waals surface area contributed by atoms with Crippen molar-refractivity contribution in [3.8, 4) is 0 Å². The lowest BCUT2D eigenvalue weighted by Gasteiger charge is -2.57. The minimum absolute atomic E-state index is 0.00723. The molecule has 0 spiro atoms. The zero-order chi connectivity index (χ0) is 22.5. The van der Waals surface area contributed by atoms with Crippen LogP contribution in [0.2, 0.25) is 0 Å². The molecule has 4 nitrogen and oxygen atoms in total. The van der Waals surface area contributed by atoms with E-state index in [9.17, 15) is 14.7 Å². The van der Waals surface area contributed by atoms with E-state index in [1.165, 1.54) is 5.57 Å².